The Kier molecular flexibility index (Phi) is 4.72. The van der Waals surface area contributed by atoms with Gasteiger partial charge in [-0.3, -0.25) is 0 Å². The van der Waals surface area contributed by atoms with Crippen LogP contribution in [0.4, 0.5) is 0 Å². The first-order valence-corrected chi connectivity index (χ1v) is 8.22. The Balaban J connectivity index is 1.88. The molecule has 0 saturated heterocycles. The normalized spacial score (nSPS) is 25.7. The fourth-order valence-electron chi connectivity index (χ4n) is 3.39. The summed E-state index contributed by atoms with van der Waals surface area (Å²) in [6, 6.07) is 0.898. The second-order valence-electron chi connectivity index (χ2n) is 5.84. The number of hydrogen-bond acceptors (Lipinski definition) is 1. The van der Waals surface area contributed by atoms with Crippen molar-refractivity contribution >= 4 is 15.9 Å². The molecule has 2 heteroatoms. The van der Waals surface area contributed by atoms with E-state index in [9.17, 15) is 0 Å². The molecule has 2 saturated carbocycles. The highest BCUT2D eigenvalue weighted by Crippen LogP contribution is 2.43. The van der Waals surface area contributed by atoms with Gasteiger partial charge in [0.25, 0.3) is 0 Å². The Bertz CT molecular complexity index is 201. The van der Waals surface area contributed by atoms with Crippen molar-refractivity contribution in [1.82, 2.24) is 4.90 Å². The first-order valence-electron chi connectivity index (χ1n) is 7.10. The third-order valence-corrected chi connectivity index (χ3v) is 5.92. The maximum Gasteiger partial charge on any atom is 0.0100 e. The lowest BCUT2D eigenvalue weighted by Gasteiger charge is -2.46. The minimum atomic E-state index is 0.632. The van der Waals surface area contributed by atoms with Gasteiger partial charge in [0.15, 0.2) is 0 Å². The zero-order valence-corrected chi connectivity index (χ0v) is 12.3. The average Bonchev–Trinajstić information content (AvgIpc) is 2.30. The van der Waals surface area contributed by atoms with E-state index in [1.165, 1.54) is 69.8 Å². The number of hydrogen-bond donors (Lipinski definition) is 0. The van der Waals surface area contributed by atoms with Crippen LogP contribution in [0.2, 0.25) is 0 Å². The Morgan fingerprint density at radius 2 is 1.81 bits per heavy atom. The molecule has 0 aromatic carbocycles. The number of alkyl halides is 1. The molecule has 0 unspecified atom stereocenters. The van der Waals surface area contributed by atoms with Crippen LogP contribution in [0, 0.1) is 5.41 Å². The summed E-state index contributed by atoms with van der Waals surface area (Å²) >= 11 is 3.74. The lowest BCUT2D eigenvalue weighted by atomic mass is 9.70. The second kappa shape index (κ2) is 5.86. The van der Waals surface area contributed by atoms with E-state index in [2.05, 4.69) is 27.8 Å². The van der Waals surface area contributed by atoms with Crippen LogP contribution in [0.15, 0.2) is 0 Å². The summed E-state index contributed by atoms with van der Waals surface area (Å²) in [5, 5.41) is 1.21. The second-order valence-corrected chi connectivity index (χ2v) is 6.40. The fraction of sp³-hybridized carbons (Fsp3) is 1.00. The van der Waals surface area contributed by atoms with E-state index in [-0.39, 0.29) is 0 Å². The summed E-state index contributed by atoms with van der Waals surface area (Å²) in [6.07, 6.45) is 11.6. The molecule has 0 spiro atoms. The van der Waals surface area contributed by atoms with Gasteiger partial charge in [-0.1, -0.05) is 48.5 Å². The summed E-state index contributed by atoms with van der Waals surface area (Å²) in [7, 11) is 0. The number of nitrogens with zero attached hydrogens (tertiary/aromatic N) is 1. The quantitative estimate of drug-likeness (QED) is 0.685. The van der Waals surface area contributed by atoms with Gasteiger partial charge in [0.05, 0.1) is 0 Å². The van der Waals surface area contributed by atoms with Crippen LogP contribution >= 0.6 is 15.9 Å². The molecule has 2 aliphatic carbocycles. The smallest absolute Gasteiger partial charge is 0.0100 e. The van der Waals surface area contributed by atoms with Crippen molar-refractivity contribution < 1.29 is 0 Å². The molecular formula is C14H26BrN. The molecular weight excluding hydrogens is 262 g/mol. The Morgan fingerprint density at radius 1 is 1.12 bits per heavy atom. The number of halogens is 1. The average molecular weight is 288 g/mol. The Labute approximate surface area is 109 Å². The lowest BCUT2D eigenvalue weighted by molar-refractivity contribution is 0.0558. The van der Waals surface area contributed by atoms with E-state index in [1.54, 1.807) is 0 Å². The predicted molar refractivity (Wildman–Crippen MR) is 74.2 cm³/mol. The standard InChI is InChI=1S/C14H26BrN/c1-2-16(13-7-4-3-5-8-13)12-14(11-15)9-6-10-14/h13H,2-12H2,1H3. The zero-order chi connectivity index (χ0) is 11.4. The fourth-order valence-corrected chi connectivity index (χ4v) is 4.12. The largest absolute Gasteiger partial charge is 0.300 e. The highest BCUT2D eigenvalue weighted by Gasteiger charge is 2.38. The summed E-state index contributed by atoms with van der Waals surface area (Å²) in [4.78, 5) is 2.78. The maximum atomic E-state index is 3.74. The van der Waals surface area contributed by atoms with Crippen molar-refractivity contribution in [3.8, 4) is 0 Å². The molecule has 0 aromatic rings. The van der Waals surface area contributed by atoms with Crippen molar-refractivity contribution in [2.75, 3.05) is 18.4 Å². The van der Waals surface area contributed by atoms with Crippen molar-refractivity contribution in [1.29, 1.82) is 0 Å². The topological polar surface area (TPSA) is 3.24 Å². The Hall–Kier alpha value is 0.440. The first-order chi connectivity index (χ1) is 7.79. The van der Waals surface area contributed by atoms with E-state index in [0.29, 0.717) is 5.41 Å². The molecule has 0 amide bonds. The third kappa shape index (κ3) is 2.81. The minimum Gasteiger partial charge on any atom is -0.300 e. The maximum absolute atomic E-state index is 3.74. The summed E-state index contributed by atoms with van der Waals surface area (Å²) in [5.74, 6) is 0. The van der Waals surface area contributed by atoms with Crippen molar-refractivity contribution in [3.05, 3.63) is 0 Å². The molecule has 2 fully saturated rings. The van der Waals surface area contributed by atoms with Gasteiger partial charge in [-0.25, -0.2) is 0 Å². The predicted octanol–water partition coefficient (Wildman–Crippen LogP) is 4.21. The molecule has 1 nitrogen and oxygen atoms in total. The minimum absolute atomic E-state index is 0.632. The summed E-state index contributed by atoms with van der Waals surface area (Å²) in [6.45, 7) is 4.94. The molecule has 2 rings (SSSR count). The van der Waals surface area contributed by atoms with Crippen LogP contribution in [0.1, 0.15) is 58.3 Å². The SMILES string of the molecule is CCN(CC1(CBr)CCC1)C1CCCCC1. The molecule has 0 aliphatic heterocycles. The van der Waals surface area contributed by atoms with Crippen molar-refractivity contribution in [2.24, 2.45) is 5.41 Å². The van der Waals surface area contributed by atoms with E-state index in [0.717, 1.165) is 6.04 Å². The number of rotatable bonds is 5. The molecule has 16 heavy (non-hydrogen) atoms. The van der Waals surface area contributed by atoms with Crippen LogP contribution in [-0.4, -0.2) is 29.4 Å². The van der Waals surface area contributed by atoms with Gasteiger partial charge in [0.1, 0.15) is 0 Å². The molecule has 0 heterocycles. The van der Waals surface area contributed by atoms with E-state index < -0.39 is 0 Å². The van der Waals surface area contributed by atoms with Gasteiger partial charge < -0.3 is 4.90 Å². The highest BCUT2D eigenvalue weighted by atomic mass is 79.9. The van der Waals surface area contributed by atoms with Gasteiger partial charge >= 0.3 is 0 Å². The molecule has 0 aromatic heterocycles. The molecule has 94 valence electrons. The van der Waals surface area contributed by atoms with Gasteiger partial charge in [-0.05, 0) is 37.6 Å². The van der Waals surface area contributed by atoms with E-state index in [4.69, 9.17) is 0 Å². The van der Waals surface area contributed by atoms with E-state index in [1.807, 2.05) is 0 Å². The Morgan fingerprint density at radius 3 is 2.25 bits per heavy atom. The van der Waals surface area contributed by atoms with Gasteiger partial charge in [0, 0.05) is 17.9 Å². The van der Waals surface area contributed by atoms with Crippen LogP contribution in [0.3, 0.4) is 0 Å². The van der Waals surface area contributed by atoms with Crippen LogP contribution in [0.25, 0.3) is 0 Å². The monoisotopic (exact) mass is 287 g/mol. The summed E-state index contributed by atoms with van der Waals surface area (Å²) < 4.78 is 0. The highest BCUT2D eigenvalue weighted by molar-refractivity contribution is 9.09. The van der Waals surface area contributed by atoms with Gasteiger partial charge in [-0.2, -0.15) is 0 Å². The van der Waals surface area contributed by atoms with Crippen molar-refractivity contribution in [2.45, 2.75) is 64.3 Å². The van der Waals surface area contributed by atoms with E-state index >= 15 is 0 Å². The van der Waals surface area contributed by atoms with Crippen LogP contribution in [-0.2, 0) is 0 Å². The molecule has 2 aliphatic rings. The van der Waals surface area contributed by atoms with Crippen LogP contribution < -0.4 is 0 Å². The zero-order valence-electron chi connectivity index (χ0n) is 10.7. The molecule has 0 atom stereocenters. The third-order valence-electron chi connectivity index (χ3n) is 4.73. The summed E-state index contributed by atoms with van der Waals surface area (Å²) in [5.41, 5.74) is 0.632. The van der Waals surface area contributed by atoms with Crippen molar-refractivity contribution in [3.63, 3.8) is 0 Å². The van der Waals surface area contributed by atoms with Gasteiger partial charge in [0.2, 0.25) is 0 Å². The van der Waals surface area contributed by atoms with Gasteiger partial charge in [-0.15, -0.1) is 0 Å². The first kappa shape index (κ1) is 12.9. The van der Waals surface area contributed by atoms with Crippen LogP contribution in [0.5, 0.6) is 0 Å². The molecule has 0 N–H and O–H groups in total. The molecule has 0 radical (unpaired) electrons. The lowest BCUT2D eigenvalue weighted by Crippen LogP contribution is -2.48. The molecule has 0 bridgehead atoms.